The van der Waals surface area contributed by atoms with Crippen LogP contribution >= 0.6 is 0 Å². The number of rotatable bonds is 8. The van der Waals surface area contributed by atoms with E-state index in [2.05, 4.69) is 31.2 Å². The Hall–Kier alpha value is -3.40. The number of benzene rings is 3. The van der Waals surface area contributed by atoms with Crippen molar-refractivity contribution in [3.8, 4) is 0 Å². The van der Waals surface area contributed by atoms with Gasteiger partial charge >= 0.3 is 11.9 Å². The Morgan fingerprint density at radius 1 is 0.667 bits per heavy atom. The van der Waals surface area contributed by atoms with E-state index in [0.29, 0.717) is 23.0 Å². The van der Waals surface area contributed by atoms with Crippen molar-refractivity contribution in [2.24, 2.45) is 5.92 Å². The van der Waals surface area contributed by atoms with Gasteiger partial charge in [-0.1, -0.05) is 93.6 Å². The van der Waals surface area contributed by atoms with Crippen LogP contribution < -0.4 is 0 Å². The third kappa shape index (κ3) is 7.17. The van der Waals surface area contributed by atoms with Crippen LogP contribution in [0.25, 0.3) is 0 Å². The van der Waals surface area contributed by atoms with Crippen molar-refractivity contribution >= 4 is 11.9 Å². The van der Waals surface area contributed by atoms with Gasteiger partial charge in [0.1, 0.15) is 6.61 Å². The van der Waals surface area contributed by atoms with Gasteiger partial charge in [0.25, 0.3) is 0 Å². The summed E-state index contributed by atoms with van der Waals surface area (Å²) < 4.78 is 11.5. The molecular weight excluding hydrogens is 484 g/mol. The van der Waals surface area contributed by atoms with E-state index in [1.54, 1.807) is 0 Å². The molecule has 0 spiro atoms. The molecule has 1 unspecified atom stereocenters. The maximum Gasteiger partial charge on any atom is 0.338 e. The zero-order valence-corrected chi connectivity index (χ0v) is 23.0. The molecule has 2 saturated carbocycles. The van der Waals surface area contributed by atoms with Gasteiger partial charge in [0.15, 0.2) is 6.10 Å². The molecular formula is C35H40O4. The molecule has 4 nitrogen and oxygen atoms in total. The minimum absolute atomic E-state index is 0.0446. The predicted octanol–water partition coefficient (Wildman–Crippen LogP) is 8.78. The molecule has 1 atom stereocenters. The van der Waals surface area contributed by atoms with E-state index in [1.807, 2.05) is 54.6 Å². The van der Waals surface area contributed by atoms with Crippen LogP contribution in [0, 0.1) is 5.92 Å². The molecule has 0 bridgehead atoms. The lowest BCUT2D eigenvalue weighted by Crippen LogP contribution is -2.19. The number of ether oxygens (including phenoxy) is 2. The van der Waals surface area contributed by atoms with Crippen LogP contribution in [0.1, 0.15) is 120 Å². The summed E-state index contributed by atoms with van der Waals surface area (Å²) in [4.78, 5) is 26.0. The molecule has 0 aromatic heterocycles. The first-order valence-corrected chi connectivity index (χ1v) is 14.7. The highest BCUT2D eigenvalue weighted by molar-refractivity contribution is 5.90. The molecule has 3 aromatic rings. The van der Waals surface area contributed by atoms with Crippen molar-refractivity contribution in [3.05, 3.63) is 107 Å². The lowest BCUT2D eigenvalue weighted by Gasteiger charge is -2.26. The Labute approximate surface area is 232 Å². The fourth-order valence-electron chi connectivity index (χ4n) is 6.11. The minimum Gasteiger partial charge on any atom is -0.458 e. The SMILES string of the molecule is CC1CCC(c2ccc(C(=O)OCC(OC(=O)c3ccc(C4CCCCC4)cc3)c3ccccc3)cc2)CC1. The van der Waals surface area contributed by atoms with Gasteiger partial charge in [-0.25, -0.2) is 9.59 Å². The molecule has 0 saturated heterocycles. The largest absolute Gasteiger partial charge is 0.458 e. The second-order valence-electron chi connectivity index (χ2n) is 11.4. The van der Waals surface area contributed by atoms with E-state index in [1.165, 1.54) is 68.9 Å². The minimum atomic E-state index is -0.691. The molecule has 3 aromatic carbocycles. The molecule has 5 rings (SSSR count). The maximum atomic E-state index is 13.1. The average Bonchev–Trinajstić information content (AvgIpc) is 3.00. The molecule has 39 heavy (non-hydrogen) atoms. The average molecular weight is 525 g/mol. The standard InChI is InChI=1S/C35H40O4/c1-25-12-14-27(15-13-25)29-16-20-31(21-17-29)34(36)38-24-33(30-10-6-3-7-11-30)39-35(37)32-22-18-28(19-23-32)26-8-4-2-5-9-26/h3,6-7,10-11,16-23,25-27,33H,2,4-5,8-9,12-15,24H2,1H3. The predicted molar refractivity (Wildman–Crippen MR) is 154 cm³/mol. The van der Waals surface area contributed by atoms with Gasteiger partial charge in [-0.15, -0.1) is 0 Å². The van der Waals surface area contributed by atoms with E-state index in [-0.39, 0.29) is 6.61 Å². The van der Waals surface area contributed by atoms with Gasteiger partial charge in [-0.3, -0.25) is 0 Å². The van der Waals surface area contributed by atoms with Crippen molar-refractivity contribution in [1.82, 2.24) is 0 Å². The first-order valence-electron chi connectivity index (χ1n) is 14.7. The number of carbonyl (C=O) groups is 2. The fraction of sp³-hybridized carbons (Fsp3) is 0.429. The van der Waals surface area contributed by atoms with Gasteiger partial charge in [0.2, 0.25) is 0 Å². The number of hydrogen-bond donors (Lipinski definition) is 0. The zero-order chi connectivity index (χ0) is 27.0. The van der Waals surface area contributed by atoms with Gasteiger partial charge in [0, 0.05) is 0 Å². The van der Waals surface area contributed by atoms with Gasteiger partial charge in [-0.05, 0) is 84.4 Å². The molecule has 2 fully saturated rings. The summed E-state index contributed by atoms with van der Waals surface area (Å²) >= 11 is 0. The lowest BCUT2D eigenvalue weighted by molar-refractivity contribution is -0.00134. The van der Waals surface area contributed by atoms with Crippen LogP contribution in [0.15, 0.2) is 78.9 Å². The molecule has 4 heteroatoms. The quantitative estimate of drug-likeness (QED) is 0.276. The summed E-state index contributed by atoms with van der Waals surface area (Å²) in [6.07, 6.45) is 10.5. The maximum absolute atomic E-state index is 13.1. The summed E-state index contributed by atoms with van der Waals surface area (Å²) in [6.45, 7) is 2.28. The van der Waals surface area contributed by atoms with Crippen molar-refractivity contribution in [2.45, 2.75) is 82.7 Å². The topological polar surface area (TPSA) is 52.6 Å². The first kappa shape index (κ1) is 27.2. The van der Waals surface area contributed by atoms with Gasteiger partial charge < -0.3 is 9.47 Å². The Bertz CT molecular complexity index is 1200. The van der Waals surface area contributed by atoms with Crippen LogP contribution in [0.5, 0.6) is 0 Å². The van der Waals surface area contributed by atoms with Crippen molar-refractivity contribution in [3.63, 3.8) is 0 Å². The Morgan fingerprint density at radius 2 is 1.21 bits per heavy atom. The number of carbonyl (C=O) groups excluding carboxylic acids is 2. The van der Waals surface area contributed by atoms with Crippen molar-refractivity contribution < 1.29 is 19.1 Å². The second kappa shape index (κ2) is 13.1. The number of esters is 2. The molecule has 0 radical (unpaired) electrons. The van der Waals surface area contributed by atoms with Crippen molar-refractivity contribution in [1.29, 1.82) is 0 Å². The number of hydrogen-bond acceptors (Lipinski definition) is 4. The zero-order valence-electron chi connectivity index (χ0n) is 23.0. The van der Waals surface area contributed by atoms with Crippen LogP contribution in [0.4, 0.5) is 0 Å². The van der Waals surface area contributed by atoms with Crippen LogP contribution in [-0.2, 0) is 9.47 Å². The normalized spacial score (nSPS) is 20.6. The molecule has 2 aliphatic carbocycles. The molecule has 204 valence electrons. The van der Waals surface area contributed by atoms with Crippen LogP contribution in [0.3, 0.4) is 0 Å². The van der Waals surface area contributed by atoms with Crippen molar-refractivity contribution in [2.75, 3.05) is 6.61 Å². The molecule has 0 N–H and O–H groups in total. The summed E-state index contributed by atoms with van der Waals surface area (Å²) in [6, 6.07) is 25.1. The Kier molecular flexibility index (Phi) is 9.13. The molecule has 2 aliphatic rings. The van der Waals surface area contributed by atoms with E-state index < -0.39 is 18.0 Å². The van der Waals surface area contributed by atoms with Gasteiger partial charge in [0.05, 0.1) is 11.1 Å². The van der Waals surface area contributed by atoms with E-state index in [4.69, 9.17) is 9.47 Å². The van der Waals surface area contributed by atoms with Crippen LogP contribution in [-0.4, -0.2) is 18.5 Å². The molecule has 0 amide bonds. The van der Waals surface area contributed by atoms with E-state index in [0.717, 1.165) is 11.5 Å². The Balaban J connectivity index is 1.21. The molecule has 0 aliphatic heterocycles. The molecule has 0 heterocycles. The third-order valence-electron chi connectivity index (χ3n) is 8.64. The highest BCUT2D eigenvalue weighted by Gasteiger charge is 2.23. The Morgan fingerprint density at radius 3 is 1.79 bits per heavy atom. The second-order valence-corrected chi connectivity index (χ2v) is 11.4. The highest BCUT2D eigenvalue weighted by atomic mass is 16.6. The van der Waals surface area contributed by atoms with E-state index in [9.17, 15) is 9.59 Å². The first-order chi connectivity index (χ1) is 19.1. The fourth-order valence-corrected chi connectivity index (χ4v) is 6.11. The highest BCUT2D eigenvalue weighted by Crippen LogP contribution is 2.36. The van der Waals surface area contributed by atoms with E-state index >= 15 is 0 Å². The third-order valence-corrected chi connectivity index (χ3v) is 8.64. The summed E-state index contributed by atoms with van der Waals surface area (Å²) in [7, 11) is 0. The lowest BCUT2D eigenvalue weighted by atomic mass is 9.79. The summed E-state index contributed by atoms with van der Waals surface area (Å²) in [5.74, 6) is 1.14. The van der Waals surface area contributed by atoms with Crippen LogP contribution in [0.2, 0.25) is 0 Å². The summed E-state index contributed by atoms with van der Waals surface area (Å²) in [5, 5.41) is 0. The smallest absolute Gasteiger partial charge is 0.338 e. The van der Waals surface area contributed by atoms with Gasteiger partial charge in [-0.2, -0.15) is 0 Å². The summed E-state index contributed by atoms with van der Waals surface area (Å²) in [5.41, 5.74) is 4.40. The monoisotopic (exact) mass is 524 g/mol.